The molecule has 118 valence electrons. The minimum Gasteiger partial charge on any atom is -0.461 e. The van der Waals surface area contributed by atoms with Gasteiger partial charge in [0.05, 0.1) is 18.9 Å². The number of hydrogen-bond donors (Lipinski definition) is 1. The second kappa shape index (κ2) is 7.56. The summed E-state index contributed by atoms with van der Waals surface area (Å²) < 4.78 is 4.96. The molecule has 2 rings (SSSR count). The van der Waals surface area contributed by atoms with Crippen LogP contribution in [0.2, 0.25) is 0 Å². The lowest BCUT2D eigenvalue weighted by Gasteiger charge is -2.22. The molecule has 1 aromatic rings. The molecule has 7 heteroatoms. The van der Waals surface area contributed by atoms with Gasteiger partial charge >= 0.3 is 5.97 Å². The van der Waals surface area contributed by atoms with Crippen molar-refractivity contribution in [1.82, 2.24) is 5.48 Å². The molecule has 1 atom stereocenters. The van der Waals surface area contributed by atoms with E-state index in [1.807, 2.05) is 30.3 Å². The summed E-state index contributed by atoms with van der Waals surface area (Å²) in [6.45, 7) is 4.11. The summed E-state index contributed by atoms with van der Waals surface area (Å²) in [6, 6.07) is 8.53. The molecule has 1 aliphatic heterocycles. The maximum atomic E-state index is 12.2. The topological polar surface area (TPSA) is 80.2 Å². The second-order valence-corrected chi connectivity index (χ2v) is 4.57. The first-order chi connectivity index (χ1) is 10.7. The van der Waals surface area contributed by atoms with Crippen molar-refractivity contribution in [3.05, 3.63) is 30.3 Å². The van der Waals surface area contributed by atoms with E-state index >= 15 is 0 Å². The number of anilines is 1. The minimum absolute atomic E-state index is 0.173. The van der Waals surface area contributed by atoms with Gasteiger partial charge in [-0.15, -0.1) is 0 Å². The Labute approximate surface area is 128 Å². The van der Waals surface area contributed by atoms with Gasteiger partial charge in [0.1, 0.15) is 11.8 Å². The minimum atomic E-state index is -0.645. The van der Waals surface area contributed by atoms with Gasteiger partial charge in [0.2, 0.25) is 0 Å². The predicted molar refractivity (Wildman–Crippen MR) is 81.2 cm³/mol. The Morgan fingerprint density at radius 1 is 1.27 bits per heavy atom. The van der Waals surface area contributed by atoms with E-state index in [2.05, 4.69) is 10.6 Å². The summed E-state index contributed by atoms with van der Waals surface area (Å²) in [5.41, 5.74) is 3.30. The Morgan fingerprint density at radius 3 is 2.64 bits per heavy atom. The molecule has 1 amide bonds. The molecule has 0 unspecified atom stereocenters. The van der Waals surface area contributed by atoms with E-state index in [1.54, 1.807) is 13.8 Å². The maximum Gasteiger partial charge on any atom is 0.354 e. The number of amides is 1. The van der Waals surface area contributed by atoms with Crippen LogP contribution in [0.15, 0.2) is 35.4 Å². The normalized spacial score (nSPS) is 17.1. The van der Waals surface area contributed by atoms with Crippen molar-refractivity contribution in [3.63, 3.8) is 0 Å². The van der Waals surface area contributed by atoms with Crippen LogP contribution < -0.4 is 10.5 Å². The summed E-state index contributed by atoms with van der Waals surface area (Å²) in [6.07, 6.45) is 0.173. The number of hydrogen-bond acceptors (Lipinski definition) is 6. The molecule has 0 aliphatic carbocycles. The fourth-order valence-corrected chi connectivity index (χ4v) is 2.08. The van der Waals surface area contributed by atoms with Crippen molar-refractivity contribution in [1.29, 1.82) is 0 Å². The number of nitrogens with one attached hydrogen (secondary N) is 1. The lowest BCUT2D eigenvalue weighted by atomic mass is 10.1. The molecular formula is C15H19N3O4. The van der Waals surface area contributed by atoms with E-state index in [-0.39, 0.29) is 24.6 Å². The van der Waals surface area contributed by atoms with Crippen molar-refractivity contribution in [3.8, 4) is 0 Å². The fraction of sp³-hybridized carbons (Fsp3) is 0.400. The number of carbonyl (C=O) groups excluding carboxylic acids is 2. The Bertz CT molecular complexity index is 559. The highest BCUT2D eigenvalue weighted by molar-refractivity contribution is 6.38. The number of esters is 1. The van der Waals surface area contributed by atoms with Gasteiger partial charge in [0.25, 0.3) is 5.91 Å². The van der Waals surface area contributed by atoms with Gasteiger partial charge in [-0.1, -0.05) is 18.2 Å². The molecule has 0 fully saturated rings. The molecule has 0 saturated carbocycles. The lowest BCUT2D eigenvalue weighted by Crippen LogP contribution is -2.42. The number of carbonyl (C=O) groups is 2. The molecule has 1 N–H and O–H groups in total. The summed E-state index contributed by atoms with van der Waals surface area (Å²) in [4.78, 5) is 29.0. The van der Waals surface area contributed by atoms with Crippen LogP contribution in [0.4, 0.5) is 5.69 Å². The third kappa shape index (κ3) is 3.62. The zero-order chi connectivity index (χ0) is 15.9. The van der Waals surface area contributed by atoms with Gasteiger partial charge < -0.3 is 4.74 Å². The quantitative estimate of drug-likeness (QED) is 0.632. The number of benzene rings is 1. The van der Waals surface area contributed by atoms with Crippen LogP contribution in [-0.4, -0.2) is 36.8 Å². The molecule has 0 radical (unpaired) electrons. The van der Waals surface area contributed by atoms with E-state index in [9.17, 15) is 9.59 Å². The summed E-state index contributed by atoms with van der Waals surface area (Å²) in [5, 5.41) is 5.76. The molecule has 0 aromatic heterocycles. The van der Waals surface area contributed by atoms with E-state index in [0.717, 1.165) is 5.69 Å². The third-order valence-electron chi connectivity index (χ3n) is 3.06. The van der Waals surface area contributed by atoms with Gasteiger partial charge in [-0.05, 0) is 26.0 Å². The number of para-hydroxylation sites is 1. The van der Waals surface area contributed by atoms with Crippen LogP contribution >= 0.6 is 0 Å². The first kappa shape index (κ1) is 16.0. The molecule has 1 aromatic carbocycles. The Hall–Kier alpha value is -2.41. The Morgan fingerprint density at radius 2 is 2.00 bits per heavy atom. The first-order valence-electron chi connectivity index (χ1n) is 7.17. The van der Waals surface area contributed by atoms with Gasteiger partial charge in [0, 0.05) is 6.42 Å². The SMILES string of the molecule is CCONC(=O)[C@@H]1CC(C(=O)OCC)=NN1c1ccccc1. The van der Waals surface area contributed by atoms with Crippen LogP contribution in [0.25, 0.3) is 0 Å². The molecule has 1 aliphatic rings. The van der Waals surface area contributed by atoms with Crippen molar-refractivity contribution in [2.75, 3.05) is 18.2 Å². The predicted octanol–water partition coefficient (Wildman–Crippen LogP) is 1.25. The molecule has 0 saturated heterocycles. The largest absolute Gasteiger partial charge is 0.461 e. The molecule has 22 heavy (non-hydrogen) atoms. The highest BCUT2D eigenvalue weighted by atomic mass is 16.6. The number of nitrogens with zero attached hydrogens (tertiary/aromatic N) is 2. The summed E-state index contributed by atoms with van der Waals surface area (Å²) in [5.74, 6) is -0.858. The van der Waals surface area contributed by atoms with Crippen molar-refractivity contribution in [2.24, 2.45) is 5.10 Å². The monoisotopic (exact) mass is 305 g/mol. The van der Waals surface area contributed by atoms with Gasteiger partial charge in [-0.25, -0.2) is 10.3 Å². The Balaban J connectivity index is 2.22. The summed E-state index contributed by atoms with van der Waals surface area (Å²) >= 11 is 0. The van der Waals surface area contributed by atoms with Crippen molar-refractivity contribution < 1.29 is 19.2 Å². The molecule has 7 nitrogen and oxygen atoms in total. The third-order valence-corrected chi connectivity index (χ3v) is 3.06. The number of rotatable bonds is 6. The summed E-state index contributed by atoms with van der Waals surface area (Å²) in [7, 11) is 0. The highest BCUT2D eigenvalue weighted by Crippen LogP contribution is 2.24. The standard InChI is InChI=1S/C15H19N3O4/c1-3-21-15(20)12-10-13(14(19)17-22-4-2)18(16-12)11-8-6-5-7-9-11/h5-9,13H,3-4,10H2,1-2H3,(H,17,19)/t13-/m0/s1. The van der Waals surface area contributed by atoms with E-state index < -0.39 is 12.0 Å². The molecule has 0 spiro atoms. The fourth-order valence-electron chi connectivity index (χ4n) is 2.08. The average Bonchev–Trinajstić information content (AvgIpc) is 2.99. The van der Waals surface area contributed by atoms with Crippen LogP contribution in [0.5, 0.6) is 0 Å². The number of hydroxylamine groups is 1. The smallest absolute Gasteiger partial charge is 0.354 e. The molecule has 0 bridgehead atoms. The van der Waals surface area contributed by atoms with Crippen LogP contribution in [0.3, 0.4) is 0 Å². The average molecular weight is 305 g/mol. The van der Waals surface area contributed by atoms with E-state index in [4.69, 9.17) is 9.57 Å². The lowest BCUT2D eigenvalue weighted by molar-refractivity contribution is -0.135. The Kier molecular flexibility index (Phi) is 5.48. The van der Waals surface area contributed by atoms with Crippen molar-refractivity contribution in [2.45, 2.75) is 26.3 Å². The number of ether oxygens (including phenoxy) is 1. The van der Waals surface area contributed by atoms with E-state index in [0.29, 0.717) is 6.61 Å². The first-order valence-corrected chi connectivity index (χ1v) is 7.17. The van der Waals surface area contributed by atoms with E-state index in [1.165, 1.54) is 5.01 Å². The van der Waals surface area contributed by atoms with Crippen LogP contribution in [0.1, 0.15) is 20.3 Å². The molecular weight excluding hydrogens is 286 g/mol. The van der Waals surface area contributed by atoms with Gasteiger partial charge in [0.15, 0.2) is 0 Å². The maximum absolute atomic E-state index is 12.2. The van der Waals surface area contributed by atoms with Crippen molar-refractivity contribution >= 4 is 23.3 Å². The van der Waals surface area contributed by atoms with Crippen LogP contribution in [0, 0.1) is 0 Å². The highest BCUT2D eigenvalue weighted by Gasteiger charge is 2.36. The number of hydrazone groups is 1. The van der Waals surface area contributed by atoms with Crippen LogP contribution in [-0.2, 0) is 19.2 Å². The van der Waals surface area contributed by atoms with Gasteiger partial charge in [-0.2, -0.15) is 5.10 Å². The zero-order valence-corrected chi connectivity index (χ0v) is 12.6. The second-order valence-electron chi connectivity index (χ2n) is 4.57. The zero-order valence-electron chi connectivity index (χ0n) is 12.6. The molecule has 1 heterocycles. The van der Waals surface area contributed by atoms with Gasteiger partial charge in [-0.3, -0.25) is 14.6 Å².